The highest BCUT2D eigenvalue weighted by Gasteiger charge is 2.33. The Morgan fingerprint density at radius 3 is 2.26 bits per heavy atom. The maximum atomic E-state index is 13.2. The number of hydrogen-bond donors (Lipinski definition) is 2. The molecule has 34 heavy (non-hydrogen) atoms. The van der Waals surface area contributed by atoms with E-state index in [1.54, 1.807) is 37.3 Å². The van der Waals surface area contributed by atoms with Crippen LogP contribution in [0.5, 0.6) is 5.75 Å². The van der Waals surface area contributed by atoms with Crippen molar-refractivity contribution in [2.45, 2.75) is 13.8 Å². The fraction of sp³-hybridized carbons (Fsp3) is 0.111. The Hall–Kier alpha value is -4.70. The molecule has 0 aliphatic heterocycles. The molecule has 0 saturated heterocycles. The lowest BCUT2D eigenvalue weighted by Gasteiger charge is -2.19. The van der Waals surface area contributed by atoms with E-state index in [1.165, 1.54) is 31.2 Å². The van der Waals surface area contributed by atoms with Crippen molar-refractivity contribution in [3.05, 3.63) is 93.5 Å². The van der Waals surface area contributed by atoms with Gasteiger partial charge in [0.2, 0.25) is 5.91 Å². The van der Waals surface area contributed by atoms with Crippen molar-refractivity contribution < 1.29 is 29.0 Å². The van der Waals surface area contributed by atoms with Gasteiger partial charge in [0.15, 0.2) is 11.6 Å². The zero-order chi connectivity index (χ0) is 24.4. The van der Waals surface area contributed by atoms with Gasteiger partial charge in [-0.1, -0.05) is 36.1 Å². The summed E-state index contributed by atoms with van der Waals surface area (Å²) in [5.74, 6) is 3.67. The third kappa shape index (κ3) is 4.05. The third-order valence-corrected chi connectivity index (χ3v) is 5.22. The molecule has 1 amide bonds. The highest BCUT2D eigenvalue weighted by atomic mass is 16.5. The van der Waals surface area contributed by atoms with Crippen LogP contribution in [0, 0.1) is 11.8 Å². The fourth-order valence-corrected chi connectivity index (χ4v) is 3.75. The van der Waals surface area contributed by atoms with Gasteiger partial charge in [0.25, 0.3) is 0 Å². The van der Waals surface area contributed by atoms with Gasteiger partial charge in [0.05, 0.1) is 29.0 Å². The van der Waals surface area contributed by atoms with Crippen molar-refractivity contribution >= 4 is 29.1 Å². The fourth-order valence-electron chi connectivity index (χ4n) is 3.75. The standard InChI is InChI=1S/C27H19NO6/c1-3-34-27(33)20-14-16(9-12-21(20)28-15(2)29)8-10-17-11-13-22(30)24-23(17)25(31)18-6-4-5-7-19(18)26(24)32/h4-7,9,11-14,30H,3H2,1-2H3,(H,28,29). The van der Waals surface area contributed by atoms with Crippen LogP contribution in [-0.4, -0.2) is 35.2 Å². The predicted octanol–water partition coefficient (Wildman–Crippen LogP) is 3.70. The Labute approximate surface area is 195 Å². The first-order valence-electron chi connectivity index (χ1n) is 10.5. The van der Waals surface area contributed by atoms with Gasteiger partial charge in [-0.25, -0.2) is 4.79 Å². The normalized spacial score (nSPS) is 11.6. The first-order valence-corrected chi connectivity index (χ1v) is 10.5. The minimum absolute atomic E-state index is 0.0386. The summed E-state index contributed by atoms with van der Waals surface area (Å²) < 4.78 is 5.07. The van der Waals surface area contributed by atoms with Crippen molar-refractivity contribution in [1.82, 2.24) is 0 Å². The molecule has 0 radical (unpaired) electrons. The van der Waals surface area contributed by atoms with E-state index in [-0.39, 0.29) is 57.3 Å². The number of phenolic OH excluding ortho intramolecular Hbond substituents is 1. The number of phenols is 1. The smallest absolute Gasteiger partial charge is 0.340 e. The molecule has 0 fully saturated rings. The number of esters is 1. The maximum absolute atomic E-state index is 13.2. The number of hydrogen-bond acceptors (Lipinski definition) is 6. The largest absolute Gasteiger partial charge is 0.507 e. The summed E-state index contributed by atoms with van der Waals surface area (Å²) in [7, 11) is 0. The van der Waals surface area contributed by atoms with Gasteiger partial charge >= 0.3 is 5.97 Å². The van der Waals surface area contributed by atoms with Crippen LogP contribution in [0.3, 0.4) is 0 Å². The minimum atomic E-state index is -0.616. The summed E-state index contributed by atoms with van der Waals surface area (Å²) in [5, 5.41) is 12.9. The number of aromatic hydroxyl groups is 1. The van der Waals surface area contributed by atoms with E-state index in [4.69, 9.17) is 4.74 Å². The number of carbonyl (C=O) groups is 4. The minimum Gasteiger partial charge on any atom is -0.507 e. The molecule has 1 aliphatic carbocycles. The number of fused-ring (bicyclic) bond motifs is 2. The van der Waals surface area contributed by atoms with Crippen LogP contribution < -0.4 is 5.32 Å². The quantitative estimate of drug-likeness (QED) is 0.362. The Balaban J connectivity index is 1.80. The molecular weight excluding hydrogens is 434 g/mol. The molecule has 4 rings (SSSR count). The van der Waals surface area contributed by atoms with Crippen molar-refractivity contribution in [2.75, 3.05) is 11.9 Å². The first kappa shape index (κ1) is 22.5. The highest BCUT2D eigenvalue weighted by molar-refractivity contribution is 6.30. The van der Waals surface area contributed by atoms with Gasteiger partial charge in [-0.2, -0.15) is 0 Å². The van der Waals surface area contributed by atoms with Gasteiger partial charge in [-0.05, 0) is 37.3 Å². The number of anilines is 1. The number of ketones is 2. The van der Waals surface area contributed by atoms with Crippen LogP contribution >= 0.6 is 0 Å². The summed E-state index contributed by atoms with van der Waals surface area (Å²) >= 11 is 0. The molecule has 0 heterocycles. The van der Waals surface area contributed by atoms with Crippen molar-refractivity contribution in [3.63, 3.8) is 0 Å². The van der Waals surface area contributed by atoms with Crippen LogP contribution in [0.1, 0.15) is 67.2 Å². The van der Waals surface area contributed by atoms with E-state index >= 15 is 0 Å². The second-order valence-electron chi connectivity index (χ2n) is 7.50. The van der Waals surface area contributed by atoms with Gasteiger partial charge in [-0.3, -0.25) is 14.4 Å². The van der Waals surface area contributed by atoms with E-state index < -0.39 is 17.5 Å². The van der Waals surface area contributed by atoms with Crippen LogP contribution in [0.25, 0.3) is 0 Å². The predicted molar refractivity (Wildman–Crippen MR) is 124 cm³/mol. The van der Waals surface area contributed by atoms with Crippen LogP contribution in [0.4, 0.5) is 5.69 Å². The second-order valence-corrected chi connectivity index (χ2v) is 7.50. The van der Waals surface area contributed by atoms with E-state index in [0.717, 1.165) is 0 Å². The van der Waals surface area contributed by atoms with E-state index in [2.05, 4.69) is 17.2 Å². The summed E-state index contributed by atoms with van der Waals surface area (Å²) in [5.41, 5.74) is 1.55. The summed E-state index contributed by atoms with van der Waals surface area (Å²) in [6.45, 7) is 3.16. The lowest BCUT2D eigenvalue weighted by Crippen LogP contribution is -2.22. The van der Waals surface area contributed by atoms with Crippen LogP contribution in [0.2, 0.25) is 0 Å². The third-order valence-electron chi connectivity index (χ3n) is 5.22. The average Bonchev–Trinajstić information content (AvgIpc) is 2.82. The molecular formula is C27H19NO6. The second kappa shape index (κ2) is 9.04. The summed E-state index contributed by atoms with van der Waals surface area (Å²) in [6, 6.07) is 13.8. The van der Waals surface area contributed by atoms with Gasteiger partial charge in [0, 0.05) is 29.2 Å². The zero-order valence-corrected chi connectivity index (χ0v) is 18.4. The average molecular weight is 453 g/mol. The molecule has 0 saturated carbocycles. The molecule has 0 unspecified atom stereocenters. The molecule has 0 atom stereocenters. The number of benzene rings is 3. The lowest BCUT2D eigenvalue weighted by atomic mass is 9.81. The van der Waals surface area contributed by atoms with E-state index in [1.807, 2.05) is 0 Å². The zero-order valence-electron chi connectivity index (χ0n) is 18.4. The molecule has 0 bridgehead atoms. The van der Waals surface area contributed by atoms with Crippen LogP contribution in [-0.2, 0) is 9.53 Å². The summed E-state index contributed by atoms with van der Waals surface area (Å²) in [4.78, 5) is 50.0. The lowest BCUT2D eigenvalue weighted by molar-refractivity contribution is -0.114. The Bertz CT molecular complexity index is 1440. The Kier molecular flexibility index (Phi) is 5.98. The molecule has 3 aromatic rings. The number of carbonyl (C=O) groups excluding carboxylic acids is 4. The number of amides is 1. The topological polar surface area (TPSA) is 110 Å². The molecule has 168 valence electrons. The molecule has 7 heteroatoms. The maximum Gasteiger partial charge on any atom is 0.340 e. The van der Waals surface area contributed by atoms with Crippen molar-refractivity contribution in [1.29, 1.82) is 0 Å². The van der Waals surface area contributed by atoms with Crippen molar-refractivity contribution in [2.24, 2.45) is 0 Å². The van der Waals surface area contributed by atoms with Crippen molar-refractivity contribution in [3.8, 4) is 17.6 Å². The molecule has 0 aromatic heterocycles. The molecule has 2 N–H and O–H groups in total. The van der Waals surface area contributed by atoms with E-state index in [0.29, 0.717) is 5.56 Å². The van der Waals surface area contributed by atoms with Gasteiger partial charge < -0.3 is 15.2 Å². The van der Waals surface area contributed by atoms with E-state index in [9.17, 15) is 24.3 Å². The number of ether oxygens (including phenoxy) is 1. The Morgan fingerprint density at radius 1 is 0.941 bits per heavy atom. The van der Waals surface area contributed by atoms with Crippen LogP contribution in [0.15, 0.2) is 54.6 Å². The SMILES string of the molecule is CCOC(=O)c1cc(C#Cc2ccc(O)c3c2C(=O)c2ccccc2C3=O)ccc1NC(C)=O. The monoisotopic (exact) mass is 453 g/mol. The Morgan fingerprint density at radius 2 is 1.62 bits per heavy atom. The number of rotatable bonds is 3. The van der Waals surface area contributed by atoms with Gasteiger partial charge in [-0.15, -0.1) is 0 Å². The number of nitrogens with one attached hydrogen (secondary N) is 1. The first-order chi connectivity index (χ1) is 16.3. The molecule has 7 nitrogen and oxygen atoms in total. The molecule has 3 aromatic carbocycles. The molecule has 0 spiro atoms. The summed E-state index contributed by atoms with van der Waals surface area (Å²) in [6.07, 6.45) is 0. The molecule has 1 aliphatic rings. The highest BCUT2D eigenvalue weighted by Crippen LogP contribution is 2.34. The van der Waals surface area contributed by atoms with Gasteiger partial charge in [0.1, 0.15) is 5.75 Å².